The van der Waals surface area contributed by atoms with E-state index in [-0.39, 0.29) is 5.37 Å². The number of thiophene rings is 1. The standard InChI is InChI=1S/C17H16N2O3S3/c1-12-18-16(10-22-12)13-2-4-15(5-3-13)25(20,21)19-7-9-24-17(19)14-6-8-23-11-14/h2-6,8,10-11,17H,7,9H2,1H3. The minimum absolute atomic E-state index is 0.144. The number of thioether (sulfide) groups is 1. The quantitative estimate of drug-likeness (QED) is 0.667. The van der Waals surface area contributed by atoms with Crippen molar-refractivity contribution < 1.29 is 12.8 Å². The van der Waals surface area contributed by atoms with Crippen LogP contribution in [0, 0.1) is 6.92 Å². The van der Waals surface area contributed by atoms with Crippen molar-refractivity contribution in [2.75, 3.05) is 12.3 Å². The normalized spacial score (nSPS) is 18.7. The number of hydrogen-bond acceptors (Lipinski definition) is 6. The van der Waals surface area contributed by atoms with Crippen molar-refractivity contribution >= 4 is 33.1 Å². The van der Waals surface area contributed by atoms with E-state index in [1.165, 1.54) is 0 Å². The van der Waals surface area contributed by atoms with Crippen molar-refractivity contribution in [3.05, 3.63) is 58.8 Å². The van der Waals surface area contributed by atoms with Crippen LogP contribution in [0.1, 0.15) is 16.8 Å². The molecular formula is C17H16N2O3S3. The van der Waals surface area contributed by atoms with Gasteiger partial charge in [-0.3, -0.25) is 0 Å². The number of benzene rings is 1. The maximum Gasteiger partial charge on any atom is 0.244 e. The van der Waals surface area contributed by atoms with E-state index in [2.05, 4.69) is 4.98 Å². The lowest BCUT2D eigenvalue weighted by Gasteiger charge is -2.22. The first-order chi connectivity index (χ1) is 12.1. The Balaban J connectivity index is 1.64. The number of aromatic nitrogens is 1. The lowest BCUT2D eigenvalue weighted by Crippen LogP contribution is -2.30. The monoisotopic (exact) mass is 392 g/mol. The molecule has 1 fully saturated rings. The minimum Gasteiger partial charge on any atom is -0.449 e. The van der Waals surface area contributed by atoms with Crippen molar-refractivity contribution in [3.8, 4) is 11.3 Å². The molecule has 1 aliphatic heterocycles. The Morgan fingerprint density at radius 3 is 2.68 bits per heavy atom. The lowest BCUT2D eigenvalue weighted by molar-refractivity contribution is 0.435. The number of aryl methyl sites for hydroxylation is 1. The predicted molar refractivity (Wildman–Crippen MR) is 100 cm³/mol. The molecule has 3 aromatic rings. The molecule has 130 valence electrons. The summed E-state index contributed by atoms with van der Waals surface area (Å²) in [5, 5.41) is 3.85. The largest absolute Gasteiger partial charge is 0.449 e. The summed E-state index contributed by atoms with van der Waals surface area (Å²) in [4.78, 5) is 4.57. The van der Waals surface area contributed by atoms with Crippen LogP contribution in [-0.4, -0.2) is 30.0 Å². The third-order valence-electron chi connectivity index (χ3n) is 4.05. The fourth-order valence-electron chi connectivity index (χ4n) is 2.81. The Kier molecular flexibility index (Phi) is 4.45. The van der Waals surface area contributed by atoms with Gasteiger partial charge in [0.2, 0.25) is 10.0 Å². The topological polar surface area (TPSA) is 63.4 Å². The van der Waals surface area contributed by atoms with E-state index >= 15 is 0 Å². The molecule has 1 aromatic carbocycles. The van der Waals surface area contributed by atoms with Gasteiger partial charge in [0.25, 0.3) is 0 Å². The van der Waals surface area contributed by atoms with Gasteiger partial charge in [0.1, 0.15) is 12.0 Å². The van der Waals surface area contributed by atoms with E-state index in [0.717, 1.165) is 16.9 Å². The molecule has 0 amide bonds. The van der Waals surface area contributed by atoms with Gasteiger partial charge in [0.15, 0.2) is 5.89 Å². The Hall–Kier alpha value is -1.61. The number of hydrogen-bond donors (Lipinski definition) is 0. The Bertz CT molecular complexity index is 963. The van der Waals surface area contributed by atoms with Crippen LogP contribution in [0.15, 0.2) is 56.7 Å². The molecule has 0 saturated carbocycles. The third kappa shape index (κ3) is 3.15. The Morgan fingerprint density at radius 1 is 1.24 bits per heavy atom. The Labute approximate surface area is 154 Å². The summed E-state index contributed by atoms with van der Waals surface area (Å²) in [5.74, 6) is 1.38. The maximum atomic E-state index is 13.1. The Morgan fingerprint density at radius 2 is 2.04 bits per heavy atom. The van der Waals surface area contributed by atoms with Gasteiger partial charge in [0, 0.05) is 24.8 Å². The van der Waals surface area contributed by atoms with Crippen molar-refractivity contribution in [1.29, 1.82) is 0 Å². The number of nitrogens with zero attached hydrogens (tertiary/aromatic N) is 2. The van der Waals surface area contributed by atoms with Gasteiger partial charge in [-0.1, -0.05) is 12.1 Å². The zero-order valence-electron chi connectivity index (χ0n) is 13.5. The second-order valence-electron chi connectivity index (χ2n) is 5.67. The van der Waals surface area contributed by atoms with Crippen LogP contribution in [0.4, 0.5) is 0 Å². The number of rotatable bonds is 4. The first-order valence-corrected chi connectivity index (χ1v) is 11.2. The van der Waals surface area contributed by atoms with E-state index in [0.29, 0.717) is 23.0 Å². The predicted octanol–water partition coefficient (Wildman–Crippen LogP) is 4.15. The number of sulfonamides is 1. The third-order valence-corrected chi connectivity index (χ3v) is 8.03. The molecule has 5 nitrogen and oxygen atoms in total. The fourth-order valence-corrected chi connectivity index (χ4v) is 6.80. The summed E-state index contributed by atoms with van der Waals surface area (Å²) in [6.45, 7) is 2.30. The molecular weight excluding hydrogens is 376 g/mol. The van der Waals surface area contributed by atoms with Gasteiger partial charge < -0.3 is 4.42 Å². The molecule has 0 N–H and O–H groups in total. The highest BCUT2D eigenvalue weighted by molar-refractivity contribution is 8.01. The summed E-state index contributed by atoms with van der Waals surface area (Å²) < 4.78 is 33.0. The molecule has 1 unspecified atom stereocenters. The van der Waals surface area contributed by atoms with Crippen LogP contribution in [0.5, 0.6) is 0 Å². The molecule has 4 rings (SSSR count). The summed E-state index contributed by atoms with van der Waals surface area (Å²) >= 11 is 3.25. The van der Waals surface area contributed by atoms with E-state index in [1.807, 2.05) is 16.8 Å². The summed E-state index contributed by atoms with van der Waals surface area (Å²) in [5.41, 5.74) is 2.58. The molecule has 8 heteroatoms. The molecule has 0 bridgehead atoms. The van der Waals surface area contributed by atoms with E-state index < -0.39 is 10.0 Å². The number of oxazole rings is 1. The van der Waals surface area contributed by atoms with Gasteiger partial charge in [-0.05, 0) is 34.5 Å². The smallest absolute Gasteiger partial charge is 0.244 e. The summed E-state index contributed by atoms with van der Waals surface area (Å²) in [7, 11) is -3.53. The SMILES string of the molecule is Cc1nc(-c2ccc(S(=O)(=O)N3CCSC3c3ccsc3)cc2)co1. The van der Waals surface area contributed by atoms with Crippen LogP contribution in [0.25, 0.3) is 11.3 Å². The highest BCUT2D eigenvalue weighted by Gasteiger charge is 2.36. The molecule has 1 aliphatic rings. The molecule has 0 spiro atoms. The maximum absolute atomic E-state index is 13.1. The van der Waals surface area contributed by atoms with Crippen LogP contribution in [0.3, 0.4) is 0 Å². The first-order valence-electron chi connectivity index (χ1n) is 7.74. The van der Waals surface area contributed by atoms with E-state index in [4.69, 9.17) is 4.42 Å². The second kappa shape index (κ2) is 6.60. The van der Waals surface area contributed by atoms with E-state index in [1.54, 1.807) is 64.9 Å². The van der Waals surface area contributed by atoms with Gasteiger partial charge in [-0.15, -0.1) is 11.8 Å². The molecule has 0 radical (unpaired) electrons. The van der Waals surface area contributed by atoms with Crippen molar-refractivity contribution in [2.45, 2.75) is 17.2 Å². The lowest BCUT2D eigenvalue weighted by atomic mass is 10.2. The molecule has 3 heterocycles. The average Bonchev–Trinajstić information content (AvgIpc) is 3.35. The molecule has 1 atom stereocenters. The zero-order valence-corrected chi connectivity index (χ0v) is 15.9. The van der Waals surface area contributed by atoms with Crippen LogP contribution < -0.4 is 0 Å². The van der Waals surface area contributed by atoms with Gasteiger partial charge in [0.05, 0.1) is 10.3 Å². The summed E-state index contributed by atoms with van der Waals surface area (Å²) in [6.07, 6.45) is 1.57. The van der Waals surface area contributed by atoms with Gasteiger partial charge in [-0.2, -0.15) is 15.6 Å². The molecule has 1 saturated heterocycles. The van der Waals surface area contributed by atoms with E-state index in [9.17, 15) is 8.42 Å². The minimum atomic E-state index is -3.53. The van der Waals surface area contributed by atoms with Crippen molar-refractivity contribution in [3.63, 3.8) is 0 Å². The molecule has 25 heavy (non-hydrogen) atoms. The van der Waals surface area contributed by atoms with Gasteiger partial charge in [-0.25, -0.2) is 13.4 Å². The molecule has 0 aliphatic carbocycles. The molecule has 2 aromatic heterocycles. The first kappa shape index (κ1) is 16.8. The zero-order chi connectivity index (χ0) is 17.4. The van der Waals surface area contributed by atoms with Crippen molar-refractivity contribution in [1.82, 2.24) is 9.29 Å². The van der Waals surface area contributed by atoms with Crippen molar-refractivity contribution in [2.24, 2.45) is 0 Å². The average molecular weight is 393 g/mol. The van der Waals surface area contributed by atoms with Crippen LogP contribution in [0.2, 0.25) is 0 Å². The highest BCUT2D eigenvalue weighted by atomic mass is 32.2. The van der Waals surface area contributed by atoms with Gasteiger partial charge >= 0.3 is 0 Å². The van der Waals surface area contributed by atoms with Crippen LogP contribution >= 0.6 is 23.1 Å². The second-order valence-corrected chi connectivity index (χ2v) is 9.53. The fraction of sp³-hybridized carbons (Fsp3) is 0.235. The highest BCUT2D eigenvalue weighted by Crippen LogP contribution is 2.42. The van der Waals surface area contributed by atoms with Crippen LogP contribution in [-0.2, 0) is 10.0 Å². The summed E-state index contributed by atoms with van der Waals surface area (Å²) in [6, 6.07) is 8.82.